The Labute approximate surface area is 118 Å². The molecule has 1 unspecified atom stereocenters. The van der Waals surface area contributed by atoms with E-state index in [1.54, 1.807) is 0 Å². The molecule has 0 radical (unpaired) electrons. The van der Waals surface area contributed by atoms with E-state index in [1.165, 1.54) is 57.1 Å². The van der Waals surface area contributed by atoms with Crippen LogP contribution < -0.4 is 5.32 Å². The number of rotatable bonds is 7. The molecular weight excluding hydrogens is 230 g/mol. The van der Waals surface area contributed by atoms with E-state index < -0.39 is 0 Å². The van der Waals surface area contributed by atoms with E-state index in [2.05, 4.69) is 49.5 Å². The molecule has 0 amide bonds. The highest BCUT2D eigenvalue weighted by Crippen LogP contribution is 2.37. The van der Waals surface area contributed by atoms with Crippen LogP contribution in [0.2, 0.25) is 0 Å². The molecule has 0 heterocycles. The van der Waals surface area contributed by atoms with Gasteiger partial charge < -0.3 is 5.32 Å². The lowest BCUT2D eigenvalue weighted by Gasteiger charge is -2.28. The van der Waals surface area contributed by atoms with Crippen LogP contribution in [-0.2, 0) is 0 Å². The first-order chi connectivity index (χ1) is 9.23. The Bertz CT molecular complexity index is 351. The van der Waals surface area contributed by atoms with Crippen LogP contribution in [0.1, 0.15) is 70.4 Å². The zero-order valence-electron chi connectivity index (χ0n) is 12.6. The van der Waals surface area contributed by atoms with Crippen molar-refractivity contribution in [3.05, 3.63) is 35.9 Å². The van der Waals surface area contributed by atoms with Gasteiger partial charge in [-0.3, -0.25) is 0 Å². The topological polar surface area (TPSA) is 12.0 Å². The first-order valence-electron chi connectivity index (χ1n) is 8.02. The van der Waals surface area contributed by atoms with Crippen molar-refractivity contribution in [1.82, 2.24) is 5.32 Å². The second kappa shape index (κ2) is 7.09. The second-order valence-electron chi connectivity index (χ2n) is 6.50. The highest BCUT2D eigenvalue weighted by atomic mass is 14.9. The van der Waals surface area contributed by atoms with Crippen molar-refractivity contribution >= 4 is 0 Å². The molecule has 0 saturated heterocycles. The van der Waals surface area contributed by atoms with Crippen molar-refractivity contribution in [1.29, 1.82) is 0 Å². The molecule has 1 aromatic carbocycles. The Morgan fingerprint density at radius 2 is 1.84 bits per heavy atom. The maximum absolute atomic E-state index is 3.85. The number of hydrogen-bond donors (Lipinski definition) is 1. The third-order valence-electron chi connectivity index (χ3n) is 4.63. The van der Waals surface area contributed by atoms with E-state index in [0.717, 1.165) is 0 Å². The Morgan fingerprint density at radius 3 is 2.47 bits per heavy atom. The average Bonchev–Trinajstić information content (AvgIpc) is 2.87. The Hall–Kier alpha value is -0.820. The summed E-state index contributed by atoms with van der Waals surface area (Å²) >= 11 is 0. The molecule has 1 atom stereocenters. The van der Waals surface area contributed by atoms with Crippen LogP contribution in [0.15, 0.2) is 30.3 Å². The van der Waals surface area contributed by atoms with Gasteiger partial charge in [0.2, 0.25) is 0 Å². The minimum atomic E-state index is 0.540. The third-order valence-corrected chi connectivity index (χ3v) is 4.63. The second-order valence-corrected chi connectivity index (χ2v) is 6.50. The molecule has 1 aliphatic carbocycles. The van der Waals surface area contributed by atoms with Crippen LogP contribution in [-0.4, -0.2) is 6.54 Å². The van der Waals surface area contributed by atoms with Crippen LogP contribution in [0.4, 0.5) is 0 Å². The first-order valence-corrected chi connectivity index (χ1v) is 8.02. The lowest BCUT2D eigenvalue weighted by Crippen LogP contribution is -2.32. The summed E-state index contributed by atoms with van der Waals surface area (Å²) in [6.45, 7) is 5.91. The van der Waals surface area contributed by atoms with E-state index in [4.69, 9.17) is 0 Å². The lowest BCUT2D eigenvalue weighted by molar-refractivity contribution is 0.292. The van der Waals surface area contributed by atoms with Crippen LogP contribution >= 0.6 is 0 Å². The minimum Gasteiger partial charge on any atom is -0.309 e. The highest BCUT2D eigenvalue weighted by Gasteiger charge is 2.29. The van der Waals surface area contributed by atoms with Gasteiger partial charge in [-0.05, 0) is 30.2 Å². The largest absolute Gasteiger partial charge is 0.309 e. The Balaban J connectivity index is 1.94. The fourth-order valence-corrected chi connectivity index (χ4v) is 3.26. The standard InChI is InChI=1S/C18H29N/c1-3-4-12-17(16-10-6-5-7-11-16)19-15-18(2)13-8-9-14-18/h5-7,10-11,17,19H,3-4,8-9,12-15H2,1-2H3. The zero-order valence-corrected chi connectivity index (χ0v) is 12.6. The van der Waals surface area contributed by atoms with Gasteiger partial charge in [-0.15, -0.1) is 0 Å². The summed E-state index contributed by atoms with van der Waals surface area (Å²) in [6.07, 6.45) is 9.49. The summed E-state index contributed by atoms with van der Waals surface area (Å²) in [6, 6.07) is 11.5. The number of unbranched alkanes of at least 4 members (excludes halogenated alkanes) is 1. The highest BCUT2D eigenvalue weighted by molar-refractivity contribution is 5.18. The SMILES string of the molecule is CCCCC(NCC1(C)CCCC1)c1ccccc1. The van der Waals surface area contributed by atoms with Gasteiger partial charge in [-0.2, -0.15) is 0 Å². The van der Waals surface area contributed by atoms with Crippen molar-refractivity contribution in [2.45, 2.75) is 64.8 Å². The fourth-order valence-electron chi connectivity index (χ4n) is 3.26. The summed E-state index contributed by atoms with van der Waals surface area (Å²) in [4.78, 5) is 0. The van der Waals surface area contributed by atoms with E-state index >= 15 is 0 Å². The predicted octanol–water partition coefficient (Wildman–Crippen LogP) is 5.09. The van der Waals surface area contributed by atoms with Crippen molar-refractivity contribution in [3.8, 4) is 0 Å². The normalized spacial score (nSPS) is 19.5. The molecule has 0 bridgehead atoms. The molecule has 1 fully saturated rings. The van der Waals surface area contributed by atoms with Gasteiger partial charge in [0.1, 0.15) is 0 Å². The number of nitrogens with one attached hydrogen (secondary N) is 1. The van der Waals surface area contributed by atoms with E-state index in [-0.39, 0.29) is 0 Å². The molecule has 0 aromatic heterocycles. The van der Waals surface area contributed by atoms with Gasteiger partial charge in [0.25, 0.3) is 0 Å². The fraction of sp³-hybridized carbons (Fsp3) is 0.667. The summed E-state index contributed by atoms with van der Waals surface area (Å²) in [7, 11) is 0. The van der Waals surface area contributed by atoms with E-state index in [1.807, 2.05) is 0 Å². The maximum atomic E-state index is 3.85. The smallest absolute Gasteiger partial charge is 0.0320 e. The van der Waals surface area contributed by atoms with Gasteiger partial charge in [-0.25, -0.2) is 0 Å². The van der Waals surface area contributed by atoms with Gasteiger partial charge in [0, 0.05) is 12.6 Å². The van der Waals surface area contributed by atoms with Gasteiger partial charge in [-0.1, -0.05) is 69.9 Å². The van der Waals surface area contributed by atoms with Gasteiger partial charge in [0.05, 0.1) is 0 Å². The first kappa shape index (κ1) is 14.6. The van der Waals surface area contributed by atoms with Crippen molar-refractivity contribution < 1.29 is 0 Å². The van der Waals surface area contributed by atoms with Crippen LogP contribution in [0, 0.1) is 5.41 Å². The summed E-state index contributed by atoms with van der Waals surface area (Å²) in [5.74, 6) is 0. The van der Waals surface area contributed by atoms with Gasteiger partial charge >= 0.3 is 0 Å². The Kier molecular flexibility index (Phi) is 5.45. The number of benzene rings is 1. The van der Waals surface area contributed by atoms with E-state index in [9.17, 15) is 0 Å². The van der Waals surface area contributed by atoms with Crippen LogP contribution in [0.3, 0.4) is 0 Å². The molecule has 1 aromatic rings. The summed E-state index contributed by atoms with van der Waals surface area (Å²) in [5.41, 5.74) is 2.00. The summed E-state index contributed by atoms with van der Waals surface area (Å²) < 4.78 is 0. The minimum absolute atomic E-state index is 0.540. The molecule has 19 heavy (non-hydrogen) atoms. The molecule has 0 spiro atoms. The predicted molar refractivity (Wildman–Crippen MR) is 83.3 cm³/mol. The number of hydrogen-bond acceptors (Lipinski definition) is 1. The molecule has 2 rings (SSSR count). The molecule has 1 N–H and O–H groups in total. The van der Waals surface area contributed by atoms with Crippen molar-refractivity contribution in [3.63, 3.8) is 0 Å². The molecule has 1 heteroatoms. The third kappa shape index (κ3) is 4.35. The Morgan fingerprint density at radius 1 is 1.16 bits per heavy atom. The molecule has 0 aliphatic heterocycles. The monoisotopic (exact) mass is 259 g/mol. The molecule has 1 saturated carbocycles. The maximum Gasteiger partial charge on any atom is 0.0320 e. The van der Waals surface area contributed by atoms with Crippen molar-refractivity contribution in [2.24, 2.45) is 5.41 Å². The summed E-state index contributed by atoms with van der Waals surface area (Å²) in [5, 5.41) is 3.85. The quantitative estimate of drug-likeness (QED) is 0.719. The molecule has 1 aliphatic rings. The zero-order chi connectivity index (χ0) is 13.6. The molecule has 106 valence electrons. The van der Waals surface area contributed by atoms with Crippen LogP contribution in [0.5, 0.6) is 0 Å². The average molecular weight is 259 g/mol. The molecule has 1 nitrogen and oxygen atoms in total. The molecular formula is C18H29N. The lowest BCUT2D eigenvalue weighted by atomic mass is 9.88. The van der Waals surface area contributed by atoms with Crippen LogP contribution in [0.25, 0.3) is 0 Å². The van der Waals surface area contributed by atoms with Crippen molar-refractivity contribution in [2.75, 3.05) is 6.54 Å². The van der Waals surface area contributed by atoms with Gasteiger partial charge in [0.15, 0.2) is 0 Å². The van der Waals surface area contributed by atoms with E-state index in [0.29, 0.717) is 11.5 Å².